The van der Waals surface area contributed by atoms with Crippen molar-refractivity contribution in [3.05, 3.63) is 43.7 Å². The molecule has 4 rings (SSSR count). The molecule has 7 nitrogen and oxygen atoms in total. The lowest BCUT2D eigenvalue weighted by molar-refractivity contribution is 0.455. The lowest BCUT2D eigenvalue weighted by atomic mass is 10.4. The molecule has 0 radical (unpaired) electrons. The van der Waals surface area contributed by atoms with Crippen LogP contribution in [-0.4, -0.2) is 30.7 Å². The molecule has 3 aromatic rings. The normalized spacial score (nSPS) is 17.0. The summed E-state index contributed by atoms with van der Waals surface area (Å²) in [5, 5.41) is 14.7. The van der Waals surface area contributed by atoms with Gasteiger partial charge in [-0.25, -0.2) is 4.98 Å². The van der Waals surface area contributed by atoms with E-state index >= 15 is 0 Å². The fraction of sp³-hybridized carbons (Fsp3) is 0.231. The second-order valence-electron chi connectivity index (χ2n) is 4.87. The second kappa shape index (κ2) is 4.52. The molecule has 3 heterocycles. The van der Waals surface area contributed by atoms with Crippen LogP contribution in [0.5, 0.6) is 5.88 Å². The summed E-state index contributed by atoms with van der Waals surface area (Å²) in [6, 6.07) is 2.22. The maximum absolute atomic E-state index is 11.2. The Morgan fingerprint density at radius 2 is 2.38 bits per heavy atom. The highest BCUT2D eigenvalue weighted by atomic mass is 32.1. The van der Waals surface area contributed by atoms with E-state index in [2.05, 4.69) is 20.1 Å². The van der Waals surface area contributed by atoms with Gasteiger partial charge < -0.3 is 5.11 Å². The highest BCUT2D eigenvalue weighted by molar-refractivity contribution is 7.10. The lowest BCUT2D eigenvalue weighted by Gasteiger charge is -1.93. The van der Waals surface area contributed by atoms with Crippen molar-refractivity contribution in [3.63, 3.8) is 0 Å². The van der Waals surface area contributed by atoms with Gasteiger partial charge in [-0.2, -0.15) is 9.61 Å². The molecule has 2 N–H and O–H groups in total. The number of nitrogens with zero attached hydrogens (tertiary/aromatic N) is 4. The number of hydrogen-bond donors (Lipinski definition) is 2. The van der Waals surface area contributed by atoms with Crippen molar-refractivity contribution < 1.29 is 5.11 Å². The van der Waals surface area contributed by atoms with Crippen LogP contribution >= 0.6 is 11.3 Å². The van der Waals surface area contributed by atoms with Gasteiger partial charge in [0, 0.05) is 17.5 Å². The molecule has 1 saturated carbocycles. The van der Waals surface area contributed by atoms with Gasteiger partial charge in [0.15, 0.2) is 11.1 Å². The van der Waals surface area contributed by atoms with Gasteiger partial charge in [-0.1, -0.05) is 11.3 Å². The molecule has 106 valence electrons. The molecule has 1 aliphatic carbocycles. The number of hydrogen-bond acceptors (Lipinski definition) is 6. The van der Waals surface area contributed by atoms with Crippen molar-refractivity contribution in [3.8, 4) is 5.88 Å². The highest BCUT2D eigenvalue weighted by Gasteiger charge is 2.19. The number of nitrogens with one attached hydrogen (secondary N) is 1. The Labute approximate surface area is 121 Å². The number of aromatic nitrogens is 4. The SMILES string of the molecule is O=c1[nH]c(O)c(C=c2cnn3c(=NC4CC4)ccnc23)s1. The van der Waals surface area contributed by atoms with Gasteiger partial charge in [0.05, 0.1) is 17.1 Å². The number of rotatable bonds is 2. The van der Waals surface area contributed by atoms with Crippen LogP contribution in [0.15, 0.2) is 28.2 Å². The van der Waals surface area contributed by atoms with Crippen molar-refractivity contribution in [2.75, 3.05) is 0 Å². The van der Waals surface area contributed by atoms with Gasteiger partial charge in [-0.05, 0) is 18.9 Å². The van der Waals surface area contributed by atoms with Crippen LogP contribution in [0.25, 0.3) is 11.7 Å². The first-order valence-corrected chi connectivity index (χ1v) is 7.33. The summed E-state index contributed by atoms with van der Waals surface area (Å²) in [4.78, 5) is 22.6. The Morgan fingerprint density at radius 1 is 1.52 bits per heavy atom. The summed E-state index contributed by atoms with van der Waals surface area (Å²) in [6.07, 6.45) is 7.27. The second-order valence-corrected chi connectivity index (χ2v) is 5.89. The lowest BCUT2D eigenvalue weighted by Crippen LogP contribution is -2.17. The molecule has 1 fully saturated rings. The Bertz CT molecular complexity index is 996. The third-order valence-corrected chi connectivity index (χ3v) is 4.03. The van der Waals surface area contributed by atoms with E-state index in [9.17, 15) is 9.90 Å². The fourth-order valence-electron chi connectivity index (χ4n) is 2.06. The summed E-state index contributed by atoms with van der Waals surface area (Å²) in [7, 11) is 0. The van der Waals surface area contributed by atoms with Gasteiger partial charge >= 0.3 is 4.87 Å². The average Bonchev–Trinajstić information content (AvgIpc) is 3.09. The molecule has 0 amide bonds. The van der Waals surface area contributed by atoms with E-state index in [1.807, 2.05) is 6.07 Å². The number of fused-ring (bicyclic) bond motifs is 1. The fourth-order valence-corrected chi connectivity index (χ4v) is 2.74. The molecule has 1 aliphatic rings. The van der Waals surface area contributed by atoms with Crippen LogP contribution in [0.4, 0.5) is 0 Å². The van der Waals surface area contributed by atoms with E-state index in [1.165, 1.54) is 0 Å². The molecule has 0 bridgehead atoms. The van der Waals surface area contributed by atoms with Crippen LogP contribution in [-0.2, 0) is 0 Å². The molecule has 0 aliphatic heterocycles. The van der Waals surface area contributed by atoms with Crippen LogP contribution in [0, 0.1) is 0 Å². The smallest absolute Gasteiger partial charge is 0.307 e. The molecule has 8 heteroatoms. The number of aromatic amines is 1. The van der Waals surface area contributed by atoms with Gasteiger partial charge in [0.1, 0.15) is 0 Å². The Hall–Kier alpha value is -2.48. The van der Waals surface area contributed by atoms with E-state index in [1.54, 1.807) is 23.0 Å². The predicted molar refractivity (Wildman–Crippen MR) is 77.0 cm³/mol. The zero-order valence-corrected chi connectivity index (χ0v) is 11.7. The quantitative estimate of drug-likeness (QED) is 0.685. The first-order chi connectivity index (χ1) is 10.2. The summed E-state index contributed by atoms with van der Waals surface area (Å²) in [6.45, 7) is 0. The minimum Gasteiger partial charge on any atom is -0.493 e. The number of thiazole rings is 1. The molecular weight excluding hydrogens is 290 g/mol. The molecule has 0 spiro atoms. The van der Waals surface area contributed by atoms with Gasteiger partial charge in [0.2, 0.25) is 5.88 Å². The van der Waals surface area contributed by atoms with E-state index in [-0.39, 0.29) is 10.8 Å². The maximum Gasteiger partial charge on any atom is 0.307 e. The Kier molecular flexibility index (Phi) is 2.64. The predicted octanol–water partition coefficient (Wildman–Crippen LogP) is -0.204. The van der Waals surface area contributed by atoms with Crippen LogP contribution in [0.3, 0.4) is 0 Å². The zero-order valence-electron chi connectivity index (χ0n) is 10.9. The van der Waals surface area contributed by atoms with Gasteiger partial charge in [-0.15, -0.1) is 0 Å². The molecule has 3 aromatic heterocycles. The third-order valence-electron chi connectivity index (χ3n) is 3.21. The standard InChI is InChI=1S/C13H11N5O2S/c19-12-9(21-13(20)17-12)5-7-6-15-18-10(16-8-1-2-8)3-4-14-11(7)18/h3-6,8,19H,1-2H2,(H,17,20). The van der Waals surface area contributed by atoms with E-state index in [0.717, 1.165) is 34.9 Å². The summed E-state index contributed by atoms with van der Waals surface area (Å²) in [5.41, 5.74) is 1.42. The van der Waals surface area contributed by atoms with Gasteiger partial charge in [0.25, 0.3) is 0 Å². The van der Waals surface area contributed by atoms with E-state index in [0.29, 0.717) is 16.6 Å². The summed E-state index contributed by atoms with van der Waals surface area (Å²) >= 11 is 0.941. The topological polar surface area (TPSA) is 95.6 Å². The van der Waals surface area contributed by atoms with Crippen molar-refractivity contribution in [2.45, 2.75) is 18.9 Å². The molecule has 0 aromatic carbocycles. The average molecular weight is 301 g/mol. The minimum absolute atomic E-state index is 0.136. The number of H-pyrrole nitrogens is 1. The first kappa shape index (κ1) is 12.3. The number of aromatic hydroxyl groups is 1. The van der Waals surface area contributed by atoms with E-state index in [4.69, 9.17) is 0 Å². The molecule has 0 atom stereocenters. The molecular formula is C13H11N5O2S. The van der Waals surface area contributed by atoms with Crippen LogP contribution < -0.4 is 15.6 Å². The third kappa shape index (κ3) is 2.23. The highest BCUT2D eigenvalue weighted by Crippen LogP contribution is 2.22. The largest absolute Gasteiger partial charge is 0.493 e. The van der Waals surface area contributed by atoms with Crippen molar-refractivity contribution in [2.24, 2.45) is 4.99 Å². The maximum atomic E-state index is 11.2. The van der Waals surface area contributed by atoms with Crippen molar-refractivity contribution >= 4 is 23.1 Å². The zero-order chi connectivity index (χ0) is 14.4. The van der Waals surface area contributed by atoms with E-state index < -0.39 is 0 Å². The van der Waals surface area contributed by atoms with Gasteiger partial charge in [-0.3, -0.25) is 14.8 Å². The Morgan fingerprint density at radius 3 is 3.10 bits per heavy atom. The van der Waals surface area contributed by atoms with Crippen molar-refractivity contribution in [1.82, 2.24) is 19.6 Å². The molecule has 21 heavy (non-hydrogen) atoms. The summed E-state index contributed by atoms with van der Waals surface area (Å²) in [5.74, 6) is -0.136. The van der Waals surface area contributed by atoms with Crippen molar-refractivity contribution in [1.29, 1.82) is 0 Å². The molecule has 0 saturated heterocycles. The van der Waals surface area contributed by atoms with Crippen LogP contribution in [0.2, 0.25) is 0 Å². The molecule has 0 unspecified atom stereocenters. The Balaban J connectivity index is 1.95. The first-order valence-electron chi connectivity index (χ1n) is 6.51. The van der Waals surface area contributed by atoms with Crippen LogP contribution in [0.1, 0.15) is 17.7 Å². The monoisotopic (exact) mass is 301 g/mol. The minimum atomic E-state index is -0.299. The summed E-state index contributed by atoms with van der Waals surface area (Å²) < 4.78 is 1.68.